The van der Waals surface area contributed by atoms with Crippen LogP contribution in [0.1, 0.15) is 32.3 Å². The summed E-state index contributed by atoms with van der Waals surface area (Å²) < 4.78 is 26.9. The molecule has 96 valence electrons. The van der Waals surface area contributed by atoms with E-state index in [2.05, 4.69) is 4.72 Å². The molecule has 0 heterocycles. The van der Waals surface area contributed by atoms with E-state index in [0.29, 0.717) is 11.3 Å². The van der Waals surface area contributed by atoms with E-state index in [1.54, 1.807) is 19.1 Å². The molecule has 0 saturated carbocycles. The highest BCUT2D eigenvalue weighted by Gasteiger charge is 2.19. The lowest BCUT2D eigenvalue weighted by Gasteiger charge is -2.15. The highest BCUT2D eigenvalue weighted by atomic mass is 32.2. The first-order valence-electron chi connectivity index (χ1n) is 5.75. The van der Waals surface area contributed by atoms with Gasteiger partial charge in [0.15, 0.2) is 0 Å². The fourth-order valence-corrected chi connectivity index (χ4v) is 3.28. The smallest absolute Gasteiger partial charge is 0.241 e. The Morgan fingerprint density at radius 2 is 2.06 bits per heavy atom. The Labute approximate surface area is 103 Å². The zero-order valence-corrected chi connectivity index (χ0v) is 11.3. The number of sulfonamides is 1. The van der Waals surface area contributed by atoms with E-state index < -0.39 is 10.0 Å². The minimum Gasteiger partial charge on any atom is -0.399 e. The van der Waals surface area contributed by atoms with Crippen LogP contribution in [0, 0.1) is 6.92 Å². The normalized spacial score (nSPS) is 13.6. The molecule has 0 spiro atoms. The number of nitrogens with two attached hydrogens (primary N) is 1. The van der Waals surface area contributed by atoms with Crippen LogP contribution in [-0.4, -0.2) is 14.5 Å². The molecule has 0 amide bonds. The number of rotatable bonds is 5. The second-order valence-electron chi connectivity index (χ2n) is 4.34. The average molecular weight is 256 g/mol. The summed E-state index contributed by atoms with van der Waals surface area (Å²) in [7, 11) is -3.46. The predicted octanol–water partition coefficient (Wildman–Crippen LogP) is 2.04. The number of nitrogens with one attached hydrogen (secondary N) is 1. The van der Waals surface area contributed by atoms with E-state index in [9.17, 15) is 8.42 Å². The van der Waals surface area contributed by atoms with E-state index >= 15 is 0 Å². The summed E-state index contributed by atoms with van der Waals surface area (Å²) >= 11 is 0. The average Bonchev–Trinajstić information content (AvgIpc) is 2.21. The Morgan fingerprint density at radius 3 is 2.65 bits per heavy atom. The third-order valence-corrected chi connectivity index (χ3v) is 4.31. The molecule has 3 N–H and O–H groups in total. The highest BCUT2D eigenvalue weighted by molar-refractivity contribution is 7.89. The molecule has 0 aromatic heterocycles. The van der Waals surface area contributed by atoms with Crippen molar-refractivity contribution in [1.29, 1.82) is 0 Å². The molecule has 0 saturated heterocycles. The third kappa shape index (κ3) is 3.71. The van der Waals surface area contributed by atoms with Gasteiger partial charge in [-0.15, -0.1) is 0 Å². The van der Waals surface area contributed by atoms with Gasteiger partial charge >= 0.3 is 0 Å². The van der Waals surface area contributed by atoms with Gasteiger partial charge < -0.3 is 5.73 Å². The van der Waals surface area contributed by atoms with Gasteiger partial charge in [0.25, 0.3) is 0 Å². The van der Waals surface area contributed by atoms with Gasteiger partial charge in [-0.1, -0.05) is 19.4 Å². The van der Waals surface area contributed by atoms with E-state index in [0.717, 1.165) is 12.8 Å². The molecule has 0 aliphatic heterocycles. The van der Waals surface area contributed by atoms with Crippen molar-refractivity contribution in [2.45, 2.75) is 44.6 Å². The van der Waals surface area contributed by atoms with Crippen LogP contribution in [0.15, 0.2) is 23.1 Å². The number of benzene rings is 1. The fraction of sp³-hybridized carbons (Fsp3) is 0.500. The Kier molecular flexibility index (Phi) is 4.54. The Hall–Kier alpha value is -1.07. The highest BCUT2D eigenvalue weighted by Crippen LogP contribution is 2.18. The van der Waals surface area contributed by atoms with Gasteiger partial charge in [0.2, 0.25) is 10.0 Å². The molecule has 17 heavy (non-hydrogen) atoms. The minimum absolute atomic E-state index is 0.0640. The number of hydrogen-bond acceptors (Lipinski definition) is 3. The van der Waals surface area contributed by atoms with Crippen molar-refractivity contribution in [3.63, 3.8) is 0 Å². The fourth-order valence-electron chi connectivity index (χ4n) is 1.73. The molecule has 0 fully saturated rings. The van der Waals surface area contributed by atoms with Crippen LogP contribution in [0.5, 0.6) is 0 Å². The van der Waals surface area contributed by atoms with Crippen LogP contribution in [-0.2, 0) is 10.0 Å². The molecule has 4 nitrogen and oxygen atoms in total. The largest absolute Gasteiger partial charge is 0.399 e. The van der Waals surface area contributed by atoms with Crippen LogP contribution in [0.4, 0.5) is 5.69 Å². The zero-order valence-electron chi connectivity index (χ0n) is 10.5. The van der Waals surface area contributed by atoms with Crippen molar-refractivity contribution in [2.75, 3.05) is 5.73 Å². The van der Waals surface area contributed by atoms with Gasteiger partial charge in [-0.05, 0) is 38.0 Å². The molecule has 1 aromatic carbocycles. The Morgan fingerprint density at radius 1 is 1.41 bits per heavy atom. The van der Waals surface area contributed by atoms with Gasteiger partial charge in [-0.3, -0.25) is 0 Å². The van der Waals surface area contributed by atoms with Crippen molar-refractivity contribution in [3.05, 3.63) is 23.8 Å². The monoisotopic (exact) mass is 256 g/mol. The minimum atomic E-state index is -3.46. The van der Waals surface area contributed by atoms with Crippen LogP contribution in [0.25, 0.3) is 0 Å². The maximum Gasteiger partial charge on any atom is 0.241 e. The quantitative estimate of drug-likeness (QED) is 0.792. The molecule has 1 rings (SSSR count). The first-order valence-corrected chi connectivity index (χ1v) is 7.23. The molecule has 1 aromatic rings. The maximum atomic E-state index is 12.1. The van der Waals surface area contributed by atoms with Crippen molar-refractivity contribution in [1.82, 2.24) is 4.72 Å². The molecular weight excluding hydrogens is 236 g/mol. The predicted molar refractivity (Wildman–Crippen MR) is 70.3 cm³/mol. The zero-order chi connectivity index (χ0) is 13.1. The molecule has 0 aliphatic carbocycles. The second kappa shape index (κ2) is 5.51. The number of anilines is 1. The lowest BCUT2D eigenvalue weighted by molar-refractivity contribution is 0.543. The van der Waals surface area contributed by atoms with E-state index in [1.807, 2.05) is 13.8 Å². The topological polar surface area (TPSA) is 72.2 Å². The van der Waals surface area contributed by atoms with Crippen LogP contribution in [0.3, 0.4) is 0 Å². The van der Waals surface area contributed by atoms with E-state index in [-0.39, 0.29) is 10.9 Å². The molecule has 0 radical (unpaired) electrons. The van der Waals surface area contributed by atoms with E-state index in [4.69, 9.17) is 5.73 Å². The van der Waals surface area contributed by atoms with Gasteiger partial charge in [0.05, 0.1) is 4.90 Å². The summed E-state index contributed by atoms with van der Waals surface area (Å²) in [6.45, 7) is 5.65. The molecule has 5 heteroatoms. The third-order valence-electron chi connectivity index (χ3n) is 2.58. The summed E-state index contributed by atoms with van der Waals surface area (Å²) in [6.07, 6.45) is 1.76. The molecule has 0 aliphatic rings. The lowest BCUT2D eigenvalue weighted by atomic mass is 10.2. The second-order valence-corrected chi connectivity index (χ2v) is 6.02. The number of aryl methyl sites for hydroxylation is 1. The van der Waals surface area contributed by atoms with Gasteiger partial charge in [0.1, 0.15) is 0 Å². The van der Waals surface area contributed by atoms with Crippen molar-refractivity contribution >= 4 is 15.7 Å². The van der Waals surface area contributed by atoms with Crippen LogP contribution < -0.4 is 10.5 Å². The Balaban J connectivity index is 3.01. The van der Waals surface area contributed by atoms with Crippen LogP contribution in [0.2, 0.25) is 0 Å². The van der Waals surface area contributed by atoms with Gasteiger partial charge in [-0.25, -0.2) is 13.1 Å². The Bertz CT molecular complexity index is 483. The van der Waals surface area contributed by atoms with Crippen molar-refractivity contribution in [2.24, 2.45) is 0 Å². The summed E-state index contributed by atoms with van der Waals surface area (Å²) in [6, 6.07) is 4.85. The number of nitrogen functional groups attached to an aromatic ring is 1. The molecule has 0 bridgehead atoms. The molecule has 1 unspecified atom stereocenters. The first kappa shape index (κ1) is 14.0. The standard InChI is InChI=1S/C12H20N2O2S/c1-4-5-10(3)14-17(15,16)12-8-11(13)7-6-9(12)2/h6-8,10,14H,4-5,13H2,1-3H3. The van der Waals surface area contributed by atoms with Crippen molar-refractivity contribution < 1.29 is 8.42 Å². The molecular formula is C12H20N2O2S. The first-order chi connectivity index (χ1) is 7.86. The summed E-state index contributed by atoms with van der Waals surface area (Å²) in [5.41, 5.74) is 6.78. The lowest BCUT2D eigenvalue weighted by Crippen LogP contribution is -2.32. The van der Waals surface area contributed by atoms with Crippen LogP contribution >= 0.6 is 0 Å². The van der Waals surface area contributed by atoms with Gasteiger partial charge in [0, 0.05) is 11.7 Å². The number of hydrogen-bond donors (Lipinski definition) is 2. The SMILES string of the molecule is CCCC(C)NS(=O)(=O)c1cc(N)ccc1C. The summed E-state index contributed by atoms with van der Waals surface area (Å²) in [5.74, 6) is 0. The van der Waals surface area contributed by atoms with Crippen molar-refractivity contribution in [3.8, 4) is 0 Å². The molecule has 1 atom stereocenters. The van der Waals surface area contributed by atoms with E-state index in [1.165, 1.54) is 6.07 Å². The van der Waals surface area contributed by atoms with Gasteiger partial charge in [-0.2, -0.15) is 0 Å². The summed E-state index contributed by atoms with van der Waals surface area (Å²) in [5, 5.41) is 0. The summed E-state index contributed by atoms with van der Waals surface area (Å²) in [4.78, 5) is 0.264. The maximum absolute atomic E-state index is 12.1.